The maximum atomic E-state index is 15.7. The predicted molar refractivity (Wildman–Crippen MR) is 207 cm³/mol. The molecule has 2 aliphatic heterocycles. The number of carbonyl (C=O) groups is 2. The molecule has 4 aliphatic rings. The number of hydrogen-bond donors (Lipinski definition) is 2. The fraction of sp³-hybridized carbons (Fsp3) is 0.381. The molecular formula is C42H42Cl2FN5O3. The zero-order valence-corrected chi connectivity index (χ0v) is 31.0. The Morgan fingerprint density at radius 3 is 2.42 bits per heavy atom. The minimum Gasteiger partial charge on any atom is -0.480 e. The maximum Gasteiger partial charge on any atom is 0.320 e. The number of piperidine rings is 1. The van der Waals surface area contributed by atoms with Crippen molar-refractivity contribution in [2.75, 3.05) is 18.4 Å². The quantitative estimate of drug-likeness (QED) is 0.167. The van der Waals surface area contributed by atoms with E-state index in [1.54, 1.807) is 30.5 Å². The van der Waals surface area contributed by atoms with Crippen molar-refractivity contribution in [1.29, 1.82) is 0 Å². The Morgan fingerprint density at radius 2 is 1.66 bits per heavy atom. The number of pyridine rings is 2. The van der Waals surface area contributed by atoms with Gasteiger partial charge in [-0.2, -0.15) is 0 Å². The number of hydrogen-bond acceptors (Lipinski definition) is 6. The van der Waals surface area contributed by atoms with E-state index in [4.69, 9.17) is 23.2 Å². The highest BCUT2D eigenvalue weighted by Crippen LogP contribution is 2.43. The summed E-state index contributed by atoms with van der Waals surface area (Å²) in [5.74, 6) is -1.34. The van der Waals surface area contributed by atoms with E-state index in [0.29, 0.717) is 57.3 Å². The molecule has 4 heterocycles. The van der Waals surface area contributed by atoms with Gasteiger partial charge in [0.1, 0.15) is 17.6 Å². The van der Waals surface area contributed by atoms with Gasteiger partial charge in [-0.15, -0.1) is 0 Å². The first kappa shape index (κ1) is 35.9. The number of fused-ring (bicyclic) bond motifs is 1. The van der Waals surface area contributed by atoms with Crippen LogP contribution >= 0.6 is 23.2 Å². The van der Waals surface area contributed by atoms with E-state index in [0.717, 1.165) is 68.4 Å². The second-order valence-electron chi connectivity index (χ2n) is 14.8. The summed E-state index contributed by atoms with van der Waals surface area (Å²) in [7, 11) is 0. The van der Waals surface area contributed by atoms with Crippen molar-refractivity contribution in [3.63, 3.8) is 0 Å². The number of carboxylic acids is 1. The average Bonchev–Trinajstić information content (AvgIpc) is 3.99. The zero-order valence-electron chi connectivity index (χ0n) is 29.5. The van der Waals surface area contributed by atoms with E-state index in [9.17, 15) is 14.7 Å². The number of rotatable bonds is 10. The zero-order chi connectivity index (χ0) is 36.6. The normalized spacial score (nSPS) is 19.8. The molecule has 0 spiro atoms. The standard InChI is InChI=1S/C42H42Cl2FN5O3/c43-39-27(18-34(45)36-19-26-15-17-49(30-7-4-8-30)23-28(26)21-46-36)6-3-9-31(39)32-10-5-11-35(40(32)44)48-41(51)37-20-33(25-13-14-25)29(22-47-37)24-50-16-2-1-12-38(50)42(52)53/h3,5-6,9-11,18-22,25,30,38H,1-2,4,7-8,12-17,23-24H2,(H,48,51)(H,52,53)/b34-18-/t38-/m0/s1. The highest BCUT2D eigenvalue weighted by atomic mass is 35.5. The second-order valence-corrected chi connectivity index (χ2v) is 15.6. The highest BCUT2D eigenvalue weighted by Gasteiger charge is 2.32. The number of amides is 1. The van der Waals surface area contributed by atoms with Crippen LogP contribution < -0.4 is 5.32 Å². The smallest absolute Gasteiger partial charge is 0.320 e. The third-order valence-electron chi connectivity index (χ3n) is 11.4. The Bertz CT molecular complexity index is 2100. The molecule has 11 heteroatoms. The van der Waals surface area contributed by atoms with Gasteiger partial charge >= 0.3 is 5.97 Å². The summed E-state index contributed by atoms with van der Waals surface area (Å²) in [6, 6.07) is 14.5. The molecule has 1 amide bonds. The molecule has 2 aromatic heterocycles. The number of carbonyl (C=O) groups excluding carboxylic acids is 1. The highest BCUT2D eigenvalue weighted by molar-refractivity contribution is 6.39. The van der Waals surface area contributed by atoms with Gasteiger partial charge in [0.25, 0.3) is 5.91 Å². The van der Waals surface area contributed by atoms with Gasteiger partial charge in [-0.3, -0.25) is 29.4 Å². The third-order valence-corrected chi connectivity index (χ3v) is 12.2. The number of nitrogens with one attached hydrogen (secondary N) is 1. The first-order chi connectivity index (χ1) is 25.7. The van der Waals surface area contributed by atoms with Crippen LogP contribution in [0, 0.1) is 0 Å². The minimum absolute atomic E-state index is 0.262. The van der Waals surface area contributed by atoms with Gasteiger partial charge in [0.2, 0.25) is 0 Å². The van der Waals surface area contributed by atoms with Crippen LogP contribution in [0.2, 0.25) is 10.0 Å². The number of aromatic nitrogens is 2. The van der Waals surface area contributed by atoms with Gasteiger partial charge in [-0.25, -0.2) is 4.39 Å². The van der Waals surface area contributed by atoms with Gasteiger partial charge in [0, 0.05) is 49.2 Å². The molecule has 1 atom stereocenters. The Labute approximate surface area is 319 Å². The van der Waals surface area contributed by atoms with Gasteiger partial charge in [0.15, 0.2) is 0 Å². The third kappa shape index (κ3) is 7.63. The minimum atomic E-state index is -0.796. The maximum absolute atomic E-state index is 15.7. The lowest BCUT2D eigenvalue weighted by Gasteiger charge is -2.40. The van der Waals surface area contributed by atoms with Gasteiger partial charge < -0.3 is 10.4 Å². The number of carboxylic acid groups (broad SMARTS) is 1. The molecular weight excluding hydrogens is 712 g/mol. The van der Waals surface area contributed by atoms with Gasteiger partial charge in [-0.05, 0) is 110 Å². The predicted octanol–water partition coefficient (Wildman–Crippen LogP) is 9.40. The number of likely N-dealkylation sites (tertiary alicyclic amines) is 1. The summed E-state index contributed by atoms with van der Waals surface area (Å²) in [5, 5.41) is 13.3. The summed E-state index contributed by atoms with van der Waals surface area (Å²) >= 11 is 13.8. The molecule has 0 bridgehead atoms. The fourth-order valence-electron chi connectivity index (χ4n) is 7.97. The molecule has 0 radical (unpaired) electrons. The van der Waals surface area contributed by atoms with Crippen molar-refractivity contribution in [3.05, 3.63) is 110 Å². The van der Waals surface area contributed by atoms with Crippen LogP contribution in [0.1, 0.15) is 101 Å². The monoisotopic (exact) mass is 753 g/mol. The van der Waals surface area contributed by atoms with Gasteiger partial charge in [0.05, 0.1) is 21.4 Å². The Kier molecular flexibility index (Phi) is 10.4. The van der Waals surface area contributed by atoms with E-state index < -0.39 is 23.7 Å². The molecule has 2 aromatic carbocycles. The topological polar surface area (TPSA) is 98.7 Å². The van der Waals surface area contributed by atoms with Crippen LogP contribution in [0.3, 0.4) is 0 Å². The molecule has 1 saturated heterocycles. The second kappa shape index (κ2) is 15.3. The van der Waals surface area contributed by atoms with Gasteiger partial charge in [-0.1, -0.05) is 66.4 Å². The summed E-state index contributed by atoms with van der Waals surface area (Å²) < 4.78 is 15.7. The van der Waals surface area contributed by atoms with Crippen LogP contribution in [-0.4, -0.2) is 61.9 Å². The molecule has 0 unspecified atom stereocenters. The van der Waals surface area contributed by atoms with Crippen molar-refractivity contribution >= 4 is 52.7 Å². The lowest BCUT2D eigenvalue weighted by Crippen LogP contribution is -2.44. The SMILES string of the molecule is O=C(Nc1cccc(-c2cccc(/C=C(\F)c3cc4c(cn3)CN(C3CCC3)CC4)c2Cl)c1Cl)c1cc(C2CC2)c(CN2CCCC[C@H]2C(=O)O)cn1. The van der Waals surface area contributed by atoms with Crippen LogP contribution in [0.15, 0.2) is 60.9 Å². The molecule has 2 saturated carbocycles. The molecule has 53 heavy (non-hydrogen) atoms. The van der Waals surface area contributed by atoms with Crippen LogP contribution in [0.25, 0.3) is 23.0 Å². The van der Waals surface area contributed by atoms with E-state index in [2.05, 4.69) is 20.2 Å². The summed E-state index contributed by atoms with van der Waals surface area (Å²) in [4.78, 5) is 39.0. The Balaban J connectivity index is 0.995. The van der Waals surface area contributed by atoms with E-state index in [1.165, 1.54) is 30.9 Å². The number of benzene rings is 2. The van der Waals surface area contributed by atoms with Crippen molar-refractivity contribution in [1.82, 2.24) is 19.8 Å². The Morgan fingerprint density at radius 1 is 0.887 bits per heavy atom. The number of anilines is 1. The van der Waals surface area contributed by atoms with Crippen molar-refractivity contribution in [2.45, 2.75) is 88.9 Å². The number of aliphatic carboxylic acids is 1. The average molecular weight is 755 g/mol. The van der Waals surface area contributed by atoms with Crippen LogP contribution in [0.5, 0.6) is 0 Å². The molecule has 3 fully saturated rings. The van der Waals surface area contributed by atoms with E-state index in [-0.39, 0.29) is 11.4 Å². The molecule has 274 valence electrons. The van der Waals surface area contributed by atoms with Crippen LogP contribution in [-0.2, 0) is 24.3 Å². The van der Waals surface area contributed by atoms with Crippen LogP contribution in [0.4, 0.5) is 10.1 Å². The summed E-state index contributed by atoms with van der Waals surface area (Å²) in [5.41, 5.74) is 6.93. The van der Waals surface area contributed by atoms with E-state index in [1.807, 2.05) is 35.4 Å². The summed E-state index contributed by atoms with van der Waals surface area (Å²) in [6.07, 6.45) is 14.2. The first-order valence-electron chi connectivity index (χ1n) is 18.7. The lowest BCUT2D eigenvalue weighted by molar-refractivity contribution is -0.144. The first-order valence-corrected chi connectivity index (χ1v) is 19.4. The fourth-order valence-corrected chi connectivity index (χ4v) is 8.53. The molecule has 4 aromatic rings. The van der Waals surface area contributed by atoms with Crippen molar-refractivity contribution in [2.24, 2.45) is 0 Å². The Hall–Kier alpha value is -4.15. The molecule has 2 aliphatic carbocycles. The number of halogens is 3. The molecule has 8 nitrogen and oxygen atoms in total. The summed E-state index contributed by atoms with van der Waals surface area (Å²) in [6.45, 7) is 3.07. The molecule has 2 N–H and O–H groups in total. The van der Waals surface area contributed by atoms with E-state index >= 15 is 4.39 Å². The number of nitrogens with zero attached hydrogens (tertiary/aromatic N) is 4. The largest absolute Gasteiger partial charge is 0.480 e. The van der Waals surface area contributed by atoms with Crippen molar-refractivity contribution < 1.29 is 19.1 Å². The molecule has 8 rings (SSSR count). The van der Waals surface area contributed by atoms with Crippen molar-refractivity contribution in [3.8, 4) is 11.1 Å². The lowest BCUT2D eigenvalue weighted by atomic mass is 9.89.